The number of carbonyl (C=O) groups excluding carboxylic acids is 2. The van der Waals surface area contributed by atoms with Gasteiger partial charge in [-0.15, -0.1) is 0 Å². The first-order valence-electron chi connectivity index (χ1n) is 18.9. The Morgan fingerprint density at radius 2 is 1.07 bits per heavy atom. The molecule has 0 bridgehead atoms. The third kappa shape index (κ3) is 25.0. The SMILES string of the molecule is CCCCCCCCCCCCCCCC(=O)NCCCC[C@](N)(C(=O)NCCCNCCCCNCCCN)C(C)CC. The number of nitrogens with one attached hydrogen (secondary N) is 4. The maximum atomic E-state index is 13.1. The van der Waals surface area contributed by atoms with E-state index in [1.165, 1.54) is 70.6 Å². The summed E-state index contributed by atoms with van der Waals surface area (Å²) in [6.07, 6.45) is 25.1. The van der Waals surface area contributed by atoms with Crippen LogP contribution >= 0.6 is 0 Å². The molecule has 0 aromatic rings. The molecule has 8 heteroatoms. The van der Waals surface area contributed by atoms with E-state index in [-0.39, 0.29) is 17.7 Å². The van der Waals surface area contributed by atoms with Gasteiger partial charge in [0, 0.05) is 19.5 Å². The van der Waals surface area contributed by atoms with Crippen LogP contribution in [0.3, 0.4) is 0 Å². The second kappa shape index (κ2) is 31.7. The molecule has 0 heterocycles. The monoisotopic (exact) mass is 625 g/mol. The summed E-state index contributed by atoms with van der Waals surface area (Å²) in [7, 11) is 0. The van der Waals surface area contributed by atoms with E-state index in [1.54, 1.807) is 0 Å². The number of hydrogen-bond donors (Lipinski definition) is 6. The van der Waals surface area contributed by atoms with Gasteiger partial charge in [-0.3, -0.25) is 9.59 Å². The van der Waals surface area contributed by atoms with Gasteiger partial charge in [0.05, 0.1) is 5.54 Å². The molecule has 2 amide bonds. The molecule has 44 heavy (non-hydrogen) atoms. The molecule has 0 fully saturated rings. The van der Waals surface area contributed by atoms with Crippen molar-refractivity contribution in [3.63, 3.8) is 0 Å². The molecule has 0 aromatic carbocycles. The van der Waals surface area contributed by atoms with Crippen molar-refractivity contribution >= 4 is 11.8 Å². The highest BCUT2D eigenvalue weighted by Gasteiger charge is 2.37. The Hall–Kier alpha value is -1.22. The first kappa shape index (κ1) is 42.8. The number of amides is 2. The van der Waals surface area contributed by atoms with Gasteiger partial charge in [0.2, 0.25) is 11.8 Å². The second-order valence-corrected chi connectivity index (χ2v) is 13.1. The molecule has 1 unspecified atom stereocenters. The average Bonchev–Trinajstić information content (AvgIpc) is 3.02. The summed E-state index contributed by atoms with van der Waals surface area (Å²) in [5.74, 6) is 0.214. The summed E-state index contributed by atoms with van der Waals surface area (Å²) in [6.45, 7) is 12.4. The van der Waals surface area contributed by atoms with Crippen LogP contribution in [0, 0.1) is 5.92 Å². The molecule has 0 aliphatic rings. The molecule has 0 rings (SSSR count). The van der Waals surface area contributed by atoms with Gasteiger partial charge in [-0.25, -0.2) is 0 Å². The van der Waals surface area contributed by atoms with E-state index in [1.807, 2.05) is 0 Å². The predicted molar refractivity (Wildman–Crippen MR) is 190 cm³/mol. The third-order valence-electron chi connectivity index (χ3n) is 9.09. The summed E-state index contributed by atoms with van der Waals surface area (Å²) >= 11 is 0. The van der Waals surface area contributed by atoms with Crippen LogP contribution in [0.5, 0.6) is 0 Å². The molecule has 0 saturated carbocycles. The molecule has 262 valence electrons. The maximum Gasteiger partial charge on any atom is 0.240 e. The summed E-state index contributed by atoms with van der Waals surface area (Å²) in [6, 6.07) is 0. The summed E-state index contributed by atoms with van der Waals surface area (Å²) in [5, 5.41) is 13.0. The number of carbonyl (C=O) groups is 2. The van der Waals surface area contributed by atoms with E-state index in [0.717, 1.165) is 90.5 Å². The summed E-state index contributed by atoms with van der Waals surface area (Å²) in [4.78, 5) is 25.3. The van der Waals surface area contributed by atoms with Crippen LogP contribution in [-0.2, 0) is 9.59 Å². The molecule has 0 saturated heterocycles. The van der Waals surface area contributed by atoms with E-state index < -0.39 is 5.54 Å². The van der Waals surface area contributed by atoms with Crippen LogP contribution in [-0.4, -0.2) is 63.2 Å². The number of rotatable bonds is 34. The van der Waals surface area contributed by atoms with Crippen LogP contribution in [0.25, 0.3) is 0 Å². The van der Waals surface area contributed by atoms with Gasteiger partial charge in [-0.05, 0) is 90.0 Å². The Morgan fingerprint density at radius 3 is 1.61 bits per heavy atom. The lowest BCUT2D eigenvalue weighted by Gasteiger charge is -2.34. The van der Waals surface area contributed by atoms with E-state index in [0.29, 0.717) is 25.9 Å². The van der Waals surface area contributed by atoms with E-state index in [2.05, 4.69) is 42.0 Å². The number of unbranched alkanes of at least 4 members (excludes halogenated alkanes) is 14. The fourth-order valence-electron chi connectivity index (χ4n) is 5.67. The van der Waals surface area contributed by atoms with Crippen LogP contribution in [0.15, 0.2) is 0 Å². The average molecular weight is 625 g/mol. The number of nitrogens with two attached hydrogens (primary N) is 2. The minimum atomic E-state index is -0.863. The summed E-state index contributed by atoms with van der Waals surface area (Å²) in [5.41, 5.74) is 11.3. The zero-order valence-corrected chi connectivity index (χ0v) is 29.6. The van der Waals surface area contributed by atoms with Crippen LogP contribution in [0.1, 0.15) is 162 Å². The zero-order valence-electron chi connectivity index (χ0n) is 29.6. The third-order valence-corrected chi connectivity index (χ3v) is 9.09. The molecule has 0 aliphatic carbocycles. The van der Waals surface area contributed by atoms with Crippen molar-refractivity contribution in [2.24, 2.45) is 17.4 Å². The van der Waals surface area contributed by atoms with Crippen molar-refractivity contribution in [3.05, 3.63) is 0 Å². The first-order chi connectivity index (χ1) is 21.4. The van der Waals surface area contributed by atoms with Gasteiger partial charge in [0.1, 0.15) is 0 Å². The van der Waals surface area contributed by atoms with Gasteiger partial charge in [0.15, 0.2) is 0 Å². The second-order valence-electron chi connectivity index (χ2n) is 13.1. The minimum absolute atomic E-state index is 0.0400. The van der Waals surface area contributed by atoms with Crippen molar-refractivity contribution in [1.29, 1.82) is 0 Å². The molecule has 8 N–H and O–H groups in total. The minimum Gasteiger partial charge on any atom is -0.356 e. The molecule has 2 atom stereocenters. The standard InChI is InChI=1S/C36H76N6O2/c1-4-6-7-8-9-10-11-12-13-14-15-16-17-24-34(43)41-31-19-18-25-36(38,33(3)5-2)35(44)42-32-23-30-40-28-21-20-27-39-29-22-26-37/h33,39-40H,4-32,37-38H2,1-3H3,(H,41,43)(H,42,44)/t33?,36-/m1/s1. The predicted octanol–water partition coefficient (Wildman–Crippen LogP) is 6.31. The van der Waals surface area contributed by atoms with E-state index in [4.69, 9.17) is 11.5 Å². The summed E-state index contributed by atoms with van der Waals surface area (Å²) < 4.78 is 0. The lowest BCUT2D eigenvalue weighted by Crippen LogP contribution is -2.58. The largest absolute Gasteiger partial charge is 0.356 e. The van der Waals surface area contributed by atoms with Gasteiger partial charge in [0.25, 0.3) is 0 Å². The molecule has 0 radical (unpaired) electrons. The molecular weight excluding hydrogens is 548 g/mol. The molecule has 0 spiro atoms. The van der Waals surface area contributed by atoms with Gasteiger partial charge < -0.3 is 32.7 Å². The zero-order chi connectivity index (χ0) is 32.6. The Bertz CT molecular complexity index is 650. The Labute approximate surface area is 273 Å². The smallest absolute Gasteiger partial charge is 0.240 e. The van der Waals surface area contributed by atoms with Crippen LogP contribution in [0.4, 0.5) is 0 Å². The van der Waals surface area contributed by atoms with E-state index in [9.17, 15) is 9.59 Å². The molecule has 8 nitrogen and oxygen atoms in total. The lowest BCUT2D eigenvalue weighted by atomic mass is 9.79. The van der Waals surface area contributed by atoms with E-state index >= 15 is 0 Å². The van der Waals surface area contributed by atoms with Crippen molar-refractivity contribution < 1.29 is 9.59 Å². The first-order valence-corrected chi connectivity index (χ1v) is 18.9. The van der Waals surface area contributed by atoms with Crippen LogP contribution in [0.2, 0.25) is 0 Å². The van der Waals surface area contributed by atoms with Crippen molar-refractivity contribution in [3.8, 4) is 0 Å². The Balaban J connectivity index is 3.86. The fourth-order valence-corrected chi connectivity index (χ4v) is 5.67. The number of hydrogen-bond acceptors (Lipinski definition) is 6. The molecular formula is C36H76N6O2. The highest BCUT2D eigenvalue weighted by atomic mass is 16.2. The van der Waals surface area contributed by atoms with Gasteiger partial charge in [-0.1, -0.05) is 104 Å². The highest BCUT2D eigenvalue weighted by Crippen LogP contribution is 2.24. The molecule has 0 aliphatic heterocycles. The molecule has 0 aromatic heterocycles. The van der Waals surface area contributed by atoms with Gasteiger partial charge in [-0.2, -0.15) is 0 Å². The van der Waals surface area contributed by atoms with Crippen molar-refractivity contribution in [1.82, 2.24) is 21.3 Å². The Kier molecular flexibility index (Phi) is 30.9. The van der Waals surface area contributed by atoms with Crippen LogP contribution < -0.4 is 32.7 Å². The normalized spacial score (nSPS) is 13.5. The van der Waals surface area contributed by atoms with Crippen molar-refractivity contribution in [2.45, 2.75) is 168 Å². The quantitative estimate of drug-likeness (QED) is 0.0465. The topological polar surface area (TPSA) is 134 Å². The Morgan fingerprint density at radius 1 is 0.591 bits per heavy atom. The van der Waals surface area contributed by atoms with Crippen molar-refractivity contribution in [2.75, 3.05) is 45.8 Å². The lowest BCUT2D eigenvalue weighted by molar-refractivity contribution is -0.128. The fraction of sp³-hybridized carbons (Fsp3) is 0.944. The highest BCUT2D eigenvalue weighted by molar-refractivity contribution is 5.86. The van der Waals surface area contributed by atoms with Gasteiger partial charge >= 0.3 is 0 Å². The maximum absolute atomic E-state index is 13.1.